The third-order valence-corrected chi connectivity index (χ3v) is 8.14. The summed E-state index contributed by atoms with van der Waals surface area (Å²) in [4.78, 5) is 16.3. The molecule has 2 aliphatic rings. The summed E-state index contributed by atoms with van der Waals surface area (Å²) in [7, 11) is 0. The summed E-state index contributed by atoms with van der Waals surface area (Å²) in [5.74, 6) is 1.15. The van der Waals surface area contributed by atoms with Gasteiger partial charge < -0.3 is 14.9 Å². The van der Waals surface area contributed by atoms with Gasteiger partial charge in [-0.05, 0) is 120 Å². The third kappa shape index (κ3) is 7.26. The van der Waals surface area contributed by atoms with Gasteiger partial charge in [-0.25, -0.2) is 4.39 Å². The predicted molar refractivity (Wildman–Crippen MR) is 126 cm³/mol. The highest BCUT2D eigenvalue weighted by Gasteiger charge is 2.27. The lowest BCUT2D eigenvalue weighted by Crippen LogP contribution is -2.43. The van der Waals surface area contributed by atoms with E-state index in [0.29, 0.717) is 18.5 Å². The molecule has 2 fully saturated rings. The number of benzene rings is 1. The fourth-order valence-electron chi connectivity index (χ4n) is 5.50. The number of hydrogen-bond acceptors (Lipinski definition) is 3. The second-order valence-corrected chi connectivity index (χ2v) is 10.2. The van der Waals surface area contributed by atoms with Crippen LogP contribution < -0.4 is 0 Å². The van der Waals surface area contributed by atoms with Crippen molar-refractivity contribution < 1.29 is 14.3 Å². The van der Waals surface area contributed by atoms with Gasteiger partial charge >= 0.3 is 0 Å². The summed E-state index contributed by atoms with van der Waals surface area (Å²) in [6.07, 6.45) is 10.4. The standard InChI is InChI=1S/C25H38BrFN2O2/c1-2-29(25(31)18-30)23-8-5-19(6-9-23)4-3-13-28-14-11-20(12-15-28)16-21-17-22(27)7-10-24(21)26/h7,10,17,19-20,23,30H,2-6,8-9,11-16,18H2,1H3/t19-,23-. The van der Waals surface area contributed by atoms with Crippen molar-refractivity contribution in [3.63, 3.8) is 0 Å². The number of aliphatic hydroxyl groups excluding tert-OH is 1. The Hall–Kier alpha value is -0.980. The van der Waals surface area contributed by atoms with E-state index >= 15 is 0 Å². The van der Waals surface area contributed by atoms with Gasteiger partial charge in [0.05, 0.1) is 0 Å². The molecule has 1 saturated carbocycles. The molecule has 1 aromatic rings. The van der Waals surface area contributed by atoms with Gasteiger partial charge in [-0.1, -0.05) is 15.9 Å². The van der Waals surface area contributed by atoms with E-state index in [1.54, 1.807) is 6.07 Å². The summed E-state index contributed by atoms with van der Waals surface area (Å²) >= 11 is 3.56. The lowest BCUT2D eigenvalue weighted by atomic mass is 9.82. The van der Waals surface area contributed by atoms with Crippen molar-refractivity contribution >= 4 is 21.8 Å². The summed E-state index contributed by atoms with van der Waals surface area (Å²) in [5, 5.41) is 9.16. The number of rotatable bonds is 9. The second-order valence-electron chi connectivity index (χ2n) is 9.38. The fourth-order valence-corrected chi connectivity index (χ4v) is 5.91. The first-order valence-corrected chi connectivity index (χ1v) is 12.9. The summed E-state index contributed by atoms with van der Waals surface area (Å²) in [6, 6.07) is 5.32. The predicted octanol–water partition coefficient (Wildman–Crippen LogP) is 5.02. The minimum Gasteiger partial charge on any atom is -0.387 e. The zero-order valence-corrected chi connectivity index (χ0v) is 20.5. The van der Waals surface area contributed by atoms with Gasteiger partial charge in [0.2, 0.25) is 5.91 Å². The minimum atomic E-state index is -0.371. The van der Waals surface area contributed by atoms with E-state index in [1.807, 2.05) is 17.9 Å². The molecule has 0 unspecified atom stereocenters. The van der Waals surface area contributed by atoms with E-state index in [-0.39, 0.29) is 18.3 Å². The molecule has 3 rings (SSSR count). The molecule has 0 atom stereocenters. The minimum absolute atomic E-state index is 0.126. The molecular weight excluding hydrogens is 459 g/mol. The van der Waals surface area contributed by atoms with Gasteiger partial charge in [0.25, 0.3) is 0 Å². The number of carbonyl (C=O) groups excluding carboxylic acids is 1. The van der Waals surface area contributed by atoms with Crippen molar-refractivity contribution in [2.75, 3.05) is 32.8 Å². The van der Waals surface area contributed by atoms with Crippen LogP contribution in [-0.2, 0) is 11.2 Å². The molecule has 31 heavy (non-hydrogen) atoms. The lowest BCUT2D eigenvalue weighted by molar-refractivity contribution is -0.137. The van der Waals surface area contributed by atoms with Crippen molar-refractivity contribution in [3.8, 4) is 0 Å². The van der Waals surface area contributed by atoms with Crippen molar-refractivity contribution in [1.29, 1.82) is 0 Å². The molecule has 1 saturated heterocycles. The molecule has 6 heteroatoms. The smallest absolute Gasteiger partial charge is 0.248 e. The molecule has 4 nitrogen and oxygen atoms in total. The SMILES string of the molecule is CCN(C(=O)CO)[C@H]1CC[C@H](CCCN2CCC(Cc3cc(F)ccc3Br)CC2)CC1. The highest BCUT2D eigenvalue weighted by atomic mass is 79.9. The average Bonchev–Trinajstić information content (AvgIpc) is 2.79. The van der Waals surface area contributed by atoms with Gasteiger partial charge in [0.15, 0.2) is 0 Å². The Kier molecular flexibility index (Phi) is 9.79. The van der Waals surface area contributed by atoms with Gasteiger partial charge in [-0.2, -0.15) is 0 Å². The van der Waals surface area contributed by atoms with Crippen molar-refractivity contribution in [3.05, 3.63) is 34.1 Å². The highest BCUT2D eigenvalue weighted by Crippen LogP contribution is 2.31. The van der Waals surface area contributed by atoms with Gasteiger partial charge in [-0.15, -0.1) is 0 Å². The maximum atomic E-state index is 13.5. The lowest BCUT2D eigenvalue weighted by Gasteiger charge is -2.36. The topological polar surface area (TPSA) is 43.8 Å². The molecule has 0 radical (unpaired) electrons. The van der Waals surface area contributed by atoms with Crippen LogP contribution in [-0.4, -0.2) is 59.6 Å². The number of hydrogen-bond donors (Lipinski definition) is 1. The summed E-state index contributed by atoms with van der Waals surface area (Å²) in [5.41, 5.74) is 1.09. The molecular formula is C25H38BrFN2O2. The van der Waals surface area contributed by atoms with Crippen LogP contribution in [0, 0.1) is 17.7 Å². The first-order chi connectivity index (χ1) is 15.0. The van der Waals surface area contributed by atoms with E-state index in [0.717, 1.165) is 48.3 Å². The average molecular weight is 497 g/mol. The molecule has 1 aliphatic carbocycles. The van der Waals surface area contributed by atoms with Gasteiger partial charge in [0, 0.05) is 17.1 Å². The molecule has 1 aliphatic heterocycles. The van der Waals surface area contributed by atoms with Crippen LogP contribution in [0.4, 0.5) is 4.39 Å². The molecule has 0 aromatic heterocycles. The number of piperidine rings is 1. The van der Waals surface area contributed by atoms with Crippen LogP contribution >= 0.6 is 15.9 Å². The Morgan fingerprint density at radius 2 is 1.87 bits per heavy atom. The van der Waals surface area contributed by atoms with Crippen LogP contribution in [0.2, 0.25) is 0 Å². The number of nitrogens with zero attached hydrogens (tertiary/aromatic N) is 2. The molecule has 1 amide bonds. The summed E-state index contributed by atoms with van der Waals surface area (Å²) < 4.78 is 14.6. The largest absolute Gasteiger partial charge is 0.387 e. The number of likely N-dealkylation sites (tertiary alicyclic amines) is 1. The molecule has 1 heterocycles. The van der Waals surface area contributed by atoms with E-state index in [9.17, 15) is 9.18 Å². The van der Waals surface area contributed by atoms with Crippen LogP contribution in [0.5, 0.6) is 0 Å². The van der Waals surface area contributed by atoms with Crippen molar-refractivity contribution in [2.45, 2.75) is 70.8 Å². The third-order valence-electron chi connectivity index (χ3n) is 7.36. The summed E-state index contributed by atoms with van der Waals surface area (Å²) in [6.45, 7) is 5.81. The zero-order valence-electron chi connectivity index (χ0n) is 18.9. The van der Waals surface area contributed by atoms with Gasteiger partial charge in [0.1, 0.15) is 12.4 Å². The Balaban J connectivity index is 1.31. The number of halogens is 2. The van der Waals surface area contributed by atoms with E-state index in [2.05, 4.69) is 20.8 Å². The number of amides is 1. The van der Waals surface area contributed by atoms with Crippen LogP contribution in [0.15, 0.2) is 22.7 Å². The second kappa shape index (κ2) is 12.3. The fraction of sp³-hybridized carbons (Fsp3) is 0.720. The van der Waals surface area contributed by atoms with Crippen LogP contribution in [0.3, 0.4) is 0 Å². The maximum Gasteiger partial charge on any atom is 0.248 e. The molecule has 174 valence electrons. The number of likely N-dealkylation sites (N-methyl/N-ethyl adjacent to an activating group) is 1. The van der Waals surface area contributed by atoms with E-state index in [1.165, 1.54) is 51.1 Å². The first kappa shape index (κ1) is 24.7. The van der Waals surface area contributed by atoms with E-state index in [4.69, 9.17) is 5.11 Å². The molecule has 0 spiro atoms. The Labute approximate surface area is 195 Å². The first-order valence-electron chi connectivity index (χ1n) is 12.1. The number of carbonyl (C=O) groups is 1. The Morgan fingerprint density at radius 3 is 2.52 bits per heavy atom. The van der Waals surface area contributed by atoms with Crippen molar-refractivity contribution in [2.24, 2.45) is 11.8 Å². The highest BCUT2D eigenvalue weighted by molar-refractivity contribution is 9.10. The van der Waals surface area contributed by atoms with E-state index < -0.39 is 0 Å². The van der Waals surface area contributed by atoms with Crippen molar-refractivity contribution in [1.82, 2.24) is 9.80 Å². The zero-order chi connectivity index (χ0) is 22.2. The maximum absolute atomic E-state index is 13.5. The monoisotopic (exact) mass is 496 g/mol. The number of aliphatic hydroxyl groups is 1. The Morgan fingerprint density at radius 1 is 1.16 bits per heavy atom. The molecule has 1 N–H and O–H groups in total. The van der Waals surface area contributed by atoms with Crippen LogP contribution in [0.25, 0.3) is 0 Å². The normalized spacial score (nSPS) is 23.1. The van der Waals surface area contributed by atoms with Gasteiger partial charge in [-0.3, -0.25) is 4.79 Å². The Bertz CT molecular complexity index is 701. The molecule has 0 bridgehead atoms. The van der Waals surface area contributed by atoms with Crippen LogP contribution in [0.1, 0.15) is 63.9 Å². The quantitative estimate of drug-likeness (QED) is 0.521. The molecule has 1 aromatic carbocycles.